The van der Waals surface area contributed by atoms with Gasteiger partial charge in [0.05, 0.1) is 34.1 Å². The Kier molecular flexibility index (Phi) is 4.15. The maximum Gasteiger partial charge on any atom is 0.269 e. The fourth-order valence-corrected chi connectivity index (χ4v) is 4.62. The van der Waals surface area contributed by atoms with Gasteiger partial charge in [-0.1, -0.05) is 78.9 Å². The minimum absolute atomic E-state index is 0.109. The first kappa shape index (κ1) is 18.5. The van der Waals surface area contributed by atoms with Gasteiger partial charge in [0.2, 0.25) is 0 Å². The Balaban J connectivity index is 1.38. The van der Waals surface area contributed by atoms with Crippen LogP contribution in [0.3, 0.4) is 0 Å². The molecule has 0 spiro atoms. The predicted molar refractivity (Wildman–Crippen MR) is 127 cm³/mol. The maximum absolute atomic E-state index is 11.1. The fourth-order valence-electron chi connectivity index (χ4n) is 4.62. The third kappa shape index (κ3) is 2.98. The molecule has 0 radical (unpaired) electrons. The standard InChI is InChI=1S/C27H19N3O2/c31-30(32)22-16-14-21(15-17-22)26-27-25(28-23-8-4-5-9-24(23)29(26)27)20-12-10-19(11-13-20)18-6-2-1-3-7-18/h1-17,26-27H/t26-,27-,29?/m1/s1. The van der Waals surface area contributed by atoms with Gasteiger partial charge in [-0.3, -0.25) is 10.1 Å². The molecule has 0 aliphatic carbocycles. The first-order valence-electron chi connectivity index (χ1n) is 10.6. The SMILES string of the molecule is O=[N+]([O-])c1ccc([C@@H]2[C@H]3C(c4ccc(-c5ccccc5)cc4)=Nc4ccccc4N32)cc1. The van der Waals surface area contributed by atoms with Crippen LogP contribution in [0.1, 0.15) is 17.2 Å². The number of hydrogen-bond acceptors (Lipinski definition) is 4. The Labute approximate surface area is 185 Å². The van der Waals surface area contributed by atoms with E-state index in [-0.39, 0.29) is 22.7 Å². The highest BCUT2D eigenvalue weighted by molar-refractivity contribution is 6.14. The summed E-state index contributed by atoms with van der Waals surface area (Å²) in [6, 6.07) is 34.2. The lowest BCUT2D eigenvalue weighted by atomic mass is 9.98. The molecule has 0 unspecified atom stereocenters. The molecule has 154 valence electrons. The van der Waals surface area contributed by atoms with Gasteiger partial charge < -0.3 is 4.90 Å². The molecule has 5 nitrogen and oxygen atoms in total. The van der Waals surface area contributed by atoms with E-state index < -0.39 is 0 Å². The van der Waals surface area contributed by atoms with Crippen molar-refractivity contribution in [2.75, 3.05) is 4.90 Å². The number of non-ortho nitro benzene ring substituents is 1. The van der Waals surface area contributed by atoms with Gasteiger partial charge in [-0.05, 0) is 34.4 Å². The molecule has 0 saturated carbocycles. The first-order chi connectivity index (χ1) is 15.7. The van der Waals surface area contributed by atoms with E-state index in [1.165, 1.54) is 11.1 Å². The van der Waals surface area contributed by atoms with Crippen LogP contribution in [-0.4, -0.2) is 16.7 Å². The topological polar surface area (TPSA) is 58.5 Å². The van der Waals surface area contributed by atoms with E-state index in [0.717, 1.165) is 28.2 Å². The largest absolute Gasteiger partial charge is 0.349 e. The number of benzene rings is 4. The Morgan fingerprint density at radius 1 is 0.688 bits per heavy atom. The number of para-hydroxylation sites is 2. The molecule has 0 N–H and O–H groups in total. The number of fused-ring (bicyclic) bond motifs is 3. The normalized spacial score (nSPS) is 18.4. The lowest BCUT2D eigenvalue weighted by Gasteiger charge is -2.17. The molecule has 6 rings (SSSR count). The first-order valence-corrected chi connectivity index (χ1v) is 10.6. The van der Waals surface area contributed by atoms with Crippen molar-refractivity contribution in [2.24, 2.45) is 4.99 Å². The second-order valence-corrected chi connectivity index (χ2v) is 8.07. The molecule has 1 fully saturated rings. The summed E-state index contributed by atoms with van der Waals surface area (Å²) in [6.07, 6.45) is 0. The van der Waals surface area contributed by atoms with Crippen molar-refractivity contribution in [1.29, 1.82) is 0 Å². The van der Waals surface area contributed by atoms with E-state index in [4.69, 9.17) is 4.99 Å². The molecule has 0 bridgehead atoms. The summed E-state index contributed by atoms with van der Waals surface area (Å²) in [6.45, 7) is 0. The summed E-state index contributed by atoms with van der Waals surface area (Å²) >= 11 is 0. The van der Waals surface area contributed by atoms with E-state index in [2.05, 4.69) is 47.4 Å². The lowest BCUT2D eigenvalue weighted by molar-refractivity contribution is -0.384. The summed E-state index contributed by atoms with van der Waals surface area (Å²) in [5, 5.41) is 11.1. The molecule has 2 aliphatic rings. The molecule has 2 aliphatic heterocycles. The molecule has 32 heavy (non-hydrogen) atoms. The van der Waals surface area contributed by atoms with Crippen molar-refractivity contribution in [1.82, 2.24) is 0 Å². The Morgan fingerprint density at radius 2 is 1.31 bits per heavy atom. The van der Waals surface area contributed by atoms with Gasteiger partial charge >= 0.3 is 0 Å². The minimum atomic E-state index is -0.361. The van der Waals surface area contributed by atoms with Crippen LogP contribution in [0, 0.1) is 10.1 Å². The van der Waals surface area contributed by atoms with Crippen LogP contribution in [0.2, 0.25) is 0 Å². The summed E-state index contributed by atoms with van der Waals surface area (Å²) < 4.78 is 0. The Hall–Kier alpha value is -4.25. The van der Waals surface area contributed by atoms with E-state index in [1.54, 1.807) is 12.1 Å². The van der Waals surface area contributed by atoms with Crippen molar-refractivity contribution >= 4 is 22.8 Å². The molecular weight excluding hydrogens is 398 g/mol. The summed E-state index contributed by atoms with van der Waals surface area (Å²) in [5.41, 5.74) is 7.72. The number of aliphatic imine (C=N–C) groups is 1. The highest BCUT2D eigenvalue weighted by Gasteiger charge is 2.54. The Bertz CT molecular complexity index is 1350. The molecule has 2 atom stereocenters. The number of hydrogen-bond donors (Lipinski definition) is 0. The number of rotatable bonds is 4. The maximum atomic E-state index is 11.1. The third-order valence-electron chi connectivity index (χ3n) is 6.22. The zero-order valence-electron chi connectivity index (χ0n) is 17.1. The van der Waals surface area contributed by atoms with E-state index in [9.17, 15) is 10.1 Å². The van der Waals surface area contributed by atoms with Crippen LogP contribution in [0.25, 0.3) is 11.1 Å². The van der Waals surface area contributed by atoms with Crippen molar-refractivity contribution in [3.8, 4) is 11.1 Å². The smallest absolute Gasteiger partial charge is 0.269 e. The van der Waals surface area contributed by atoms with Gasteiger partial charge in [-0.25, -0.2) is 4.99 Å². The molecule has 5 heteroatoms. The zero-order valence-corrected chi connectivity index (χ0v) is 17.1. The minimum Gasteiger partial charge on any atom is -0.349 e. The highest BCUT2D eigenvalue weighted by atomic mass is 16.6. The quantitative estimate of drug-likeness (QED) is 0.222. The second-order valence-electron chi connectivity index (χ2n) is 8.07. The highest BCUT2D eigenvalue weighted by Crippen LogP contribution is 2.54. The van der Waals surface area contributed by atoms with Gasteiger partial charge in [-0.2, -0.15) is 0 Å². The van der Waals surface area contributed by atoms with Gasteiger partial charge in [0.1, 0.15) is 0 Å². The molecule has 0 amide bonds. The van der Waals surface area contributed by atoms with Crippen LogP contribution >= 0.6 is 0 Å². The third-order valence-corrected chi connectivity index (χ3v) is 6.22. The number of nitro groups is 1. The number of anilines is 1. The van der Waals surface area contributed by atoms with Crippen LogP contribution in [-0.2, 0) is 0 Å². The van der Waals surface area contributed by atoms with Crippen molar-refractivity contribution < 1.29 is 4.92 Å². The van der Waals surface area contributed by atoms with E-state index in [1.807, 2.05) is 48.5 Å². The zero-order chi connectivity index (χ0) is 21.7. The Morgan fingerprint density at radius 3 is 2.03 bits per heavy atom. The van der Waals surface area contributed by atoms with Gasteiger partial charge in [0.15, 0.2) is 0 Å². The molecule has 4 aromatic rings. The molecule has 4 aromatic carbocycles. The monoisotopic (exact) mass is 417 g/mol. The molecule has 1 saturated heterocycles. The van der Waals surface area contributed by atoms with Crippen molar-refractivity contribution in [2.45, 2.75) is 12.1 Å². The van der Waals surface area contributed by atoms with Crippen molar-refractivity contribution in [3.05, 3.63) is 124 Å². The molecular formula is C27H19N3O2. The van der Waals surface area contributed by atoms with Gasteiger partial charge in [0, 0.05) is 12.1 Å². The van der Waals surface area contributed by atoms with Crippen LogP contribution in [0.15, 0.2) is 108 Å². The summed E-state index contributed by atoms with van der Waals surface area (Å²) in [7, 11) is 0. The summed E-state index contributed by atoms with van der Waals surface area (Å²) in [5.74, 6) is 0. The van der Waals surface area contributed by atoms with Crippen molar-refractivity contribution in [3.63, 3.8) is 0 Å². The number of nitro benzene ring substituents is 1. The molecule has 0 aromatic heterocycles. The average Bonchev–Trinajstić information content (AvgIpc) is 3.60. The second kappa shape index (κ2) is 7.17. The lowest BCUT2D eigenvalue weighted by Crippen LogP contribution is -2.17. The fraction of sp³-hybridized carbons (Fsp3) is 0.0741. The average molecular weight is 417 g/mol. The van der Waals surface area contributed by atoms with Gasteiger partial charge in [0.25, 0.3) is 5.69 Å². The van der Waals surface area contributed by atoms with E-state index >= 15 is 0 Å². The number of nitrogens with zero attached hydrogens (tertiary/aromatic N) is 3. The van der Waals surface area contributed by atoms with Crippen LogP contribution in [0.5, 0.6) is 0 Å². The summed E-state index contributed by atoms with van der Waals surface area (Å²) in [4.78, 5) is 18.1. The van der Waals surface area contributed by atoms with Crippen LogP contribution in [0.4, 0.5) is 17.1 Å². The van der Waals surface area contributed by atoms with E-state index in [0.29, 0.717) is 0 Å². The van der Waals surface area contributed by atoms with Gasteiger partial charge in [-0.15, -0.1) is 0 Å². The molecule has 2 heterocycles. The van der Waals surface area contributed by atoms with Crippen LogP contribution < -0.4 is 4.90 Å². The predicted octanol–water partition coefficient (Wildman–Crippen LogP) is 6.33.